The van der Waals surface area contributed by atoms with Crippen LogP contribution in [0.3, 0.4) is 0 Å². The van der Waals surface area contributed by atoms with Gasteiger partial charge in [-0.3, -0.25) is 0 Å². The number of rotatable bonds is 9. The summed E-state index contributed by atoms with van der Waals surface area (Å²) in [5.41, 5.74) is 5.17. The summed E-state index contributed by atoms with van der Waals surface area (Å²) in [6.45, 7) is 0. The molecule has 108 heavy (non-hydrogen) atoms. The van der Waals surface area contributed by atoms with E-state index in [1.165, 1.54) is 0 Å². The lowest BCUT2D eigenvalue weighted by atomic mass is 9.99. The van der Waals surface area contributed by atoms with Crippen molar-refractivity contribution in [2.24, 2.45) is 0 Å². The Hall–Kier alpha value is -13.2. The first-order chi connectivity index (χ1) is 53.5. The van der Waals surface area contributed by atoms with Crippen molar-refractivity contribution in [2.45, 2.75) is 0 Å². The lowest BCUT2D eigenvalue weighted by molar-refractivity contribution is 0.477. The second-order valence-corrected chi connectivity index (χ2v) is 30.5. The van der Waals surface area contributed by atoms with Crippen LogP contribution in [0, 0.1) is 0 Å². The molecule has 0 radical (unpaired) electrons. The van der Waals surface area contributed by atoms with Crippen molar-refractivity contribution in [1.82, 2.24) is 0 Å². The van der Waals surface area contributed by atoms with Gasteiger partial charge in [-0.05, 0) is 159 Å². The highest BCUT2D eigenvalue weighted by molar-refractivity contribution is 7.33. The van der Waals surface area contributed by atoms with Crippen LogP contribution in [-0.2, 0) is 0 Å². The molecule has 0 atom stereocenters. The highest BCUT2D eigenvalue weighted by Crippen LogP contribution is 2.57. The third-order valence-corrected chi connectivity index (χ3v) is 24.6. The van der Waals surface area contributed by atoms with Crippen LogP contribution < -0.4 is 18.1 Å². The maximum absolute atomic E-state index is 7.54. The molecule has 0 bridgehead atoms. The summed E-state index contributed by atoms with van der Waals surface area (Å²) >= 11 is 0. The maximum atomic E-state index is 7.54. The van der Waals surface area contributed by atoms with Gasteiger partial charge in [-0.25, -0.2) is 0 Å². The van der Waals surface area contributed by atoms with E-state index in [1.807, 2.05) is 182 Å². The number of hydrogen-bond donors (Lipinski definition) is 0. The Morgan fingerprint density at radius 1 is 0.148 bits per heavy atom. The zero-order chi connectivity index (χ0) is 70.9. The van der Waals surface area contributed by atoms with Crippen LogP contribution >= 0.6 is 33.0 Å². The summed E-state index contributed by atoms with van der Waals surface area (Å²) in [6.07, 6.45) is 0. The first-order valence-corrected chi connectivity index (χ1v) is 39.7. The highest BCUT2D eigenvalue weighted by atomic mass is 31.1. The van der Waals surface area contributed by atoms with Gasteiger partial charge >= 0.3 is 33.0 Å². The van der Waals surface area contributed by atoms with Crippen LogP contribution in [-0.4, -0.2) is 0 Å². The van der Waals surface area contributed by atoms with E-state index in [9.17, 15) is 0 Å². The molecule has 22 rings (SSSR count). The molecule has 0 spiro atoms. The molecule has 18 aromatic carbocycles. The van der Waals surface area contributed by atoms with E-state index < -0.39 is 33.0 Å². The molecular formula is C92H54O12P4. The van der Waals surface area contributed by atoms with Gasteiger partial charge in [-0.2, -0.15) is 0 Å². The second-order valence-electron chi connectivity index (χ2n) is 26.5. The molecule has 0 saturated heterocycles. The maximum Gasteiger partial charge on any atom is 0.453 e. The molecule has 12 nitrogen and oxygen atoms in total. The van der Waals surface area contributed by atoms with Gasteiger partial charge < -0.3 is 51.7 Å². The Bertz CT molecular complexity index is 6460. The minimum Gasteiger partial charge on any atom is -0.390 e. The van der Waals surface area contributed by atoms with Crippen molar-refractivity contribution in [2.75, 3.05) is 0 Å². The van der Waals surface area contributed by atoms with Crippen molar-refractivity contribution in [1.29, 1.82) is 0 Å². The molecule has 0 aliphatic rings. The monoisotopic (exact) mass is 1470 g/mol. The van der Waals surface area contributed by atoms with Crippen LogP contribution in [0.2, 0.25) is 0 Å². The Balaban J connectivity index is 0.839. The molecule has 0 amide bonds. The first-order valence-electron chi connectivity index (χ1n) is 35.3. The molecule has 22 aromatic rings. The van der Waals surface area contributed by atoms with Crippen molar-refractivity contribution in [3.05, 3.63) is 328 Å². The zero-order valence-electron chi connectivity index (χ0n) is 56.9. The largest absolute Gasteiger partial charge is 0.453 e. The van der Waals surface area contributed by atoms with Crippen molar-refractivity contribution in [3.63, 3.8) is 0 Å². The van der Waals surface area contributed by atoms with Gasteiger partial charge in [0.1, 0.15) is 67.7 Å². The second kappa shape index (κ2) is 25.3. The predicted octanol–water partition coefficient (Wildman–Crippen LogP) is 30.4. The van der Waals surface area contributed by atoms with Gasteiger partial charge in [0, 0.05) is 43.1 Å². The lowest BCUT2D eigenvalue weighted by Crippen LogP contribution is -1.95. The van der Waals surface area contributed by atoms with E-state index in [-0.39, 0.29) is 23.0 Å². The number of fused-ring (bicyclic) bond motifs is 28. The third kappa shape index (κ3) is 10.4. The Kier molecular flexibility index (Phi) is 14.6. The van der Waals surface area contributed by atoms with E-state index in [2.05, 4.69) is 146 Å². The first kappa shape index (κ1) is 62.2. The Morgan fingerprint density at radius 3 is 0.454 bits per heavy atom. The van der Waals surface area contributed by atoms with E-state index in [0.717, 1.165) is 129 Å². The summed E-state index contributed by atoms with van der Waals surface area (Å²) in [4.78, 5) is 0. The Morgan fingerprint density at radius 2 is 0.296 bits per heavy atom. The van der Waals surface area contributed by atoms with E-state index in [0.29, 0.717) is 55.8 Å². The van der Waals surface area contributed by atoms with Crippen LogP contribution in [0.15, 0.2) is 361 Å². The van der Waals surface area contributed by atoms with E-state index in [1.54, 1.807) is 0 Å². The van der Waals surface area contributed by atoms with Crippen LogP contribution in [0.25, 0.3) is 185 Å². The van der Waals surface area contributed by atoms with Crippen molar-refractivity contribution >= 4 is 207 Å². The molecule has 4 aromatic heterocycles. The minimum absolute atomic E-state index is 0.238. The van der Waals surface area contributed by atoms with Crippen molar-refractivity contribution < 1.29 is 51.7 Å². The van der Waals surface area contributed by atoms with Crippen LogP contribution in [0.4, 0.5) is 0 Å². The fourth-order valence-electron chi connectivity index (χ4n) is 15.7. The van der Waals surface area contributed by atoms with E-state index in [4.69, 9.17) is 51.7 Å². The average molecular weight is 1480 g/mol. The lowest BCUT2D eigenvalue weighted by Gasteiger charge is -2.18. The topological polar surface area (TPSA) is 142 Å². The fraction of sp³-hybridized carbons (Fsp3) is 0. The van der Waals surface area contributed by atoms with Gasteiger partial charge in [0.15, 0.2) is 0 Å². The summed E-state index contributed by atoms with van der Waals surface area (Å²) in [5, 5.41) is 23.1. The summed E-state index contributed by atoms with van der Waals surface area (Å²) < 4.78 is 88.0. The van der Waals surface area contributed by atoms with Gasteiger partial charge in [-0.15, -0.1) is 0 Å². The standard InChI is InChI=1S/C92H54O12P4/c1-9-27-63-55(19-1)39-47-75-83(63)84-64-28-10-2-20-56(64)40-48-76(84)98-105(97-75)93-71-35-17-36-72(94-106-99-77-49-41-57-21-3-11-29-65(57)85(77)86-66-30-12-4-22-58(66)42-50-78(86)100-106)91(71)92-73(95-107-101-79-51-43-59-23-5-13-31-67(59)87(79)88-68-32-14-6-24-60(68)44-52-80(88)102-107)37-18-38-74(92)96-108-103-81-53-45-61-25-7-15-33-69(61)89(81)90-70-34-16-8-26-62(70)46-54-82(90)104-108/h1-54H. The number of benzene rings is 18. The minimum atomic E-state index is -2.42. The Labute approximate surface area is 616 Å². The highest BCUT2D eigenvalue weighted by Gasteiger charge is 2.30. The molecule has 0 fully saturated rings. The molecule has 16 heteroatoms. The predicted molar refractivity (Wildman–Crippen MR) is 441 cm³/mol. The van der Waals surface area contributed by atoms with E-state index >= 15 is 0 Å². The number of hydrogen-bond acceptors (Lipinski definition) is 12. The van der Waals surface area contributed by atoms with Gasteiger partial charge in [0.05, 0.1) is 11.1 Å². The van der Waals surface area contributed by atoms with Crippen LogP contribution in [0.5, 0.6) is 23.0 Å². The van der Waals surface area contributed by atoms with Gasteiger partial charge in [-0.1, -0.05) is 255 Å². The quantitative estimate of drug-likeness (QED) is 0.136. The molecule has 0 unspecified atom stereocenters. The summed E-state index contributed by atoms with van der Waals surface area (Å²) in [6, 6.07) is 110. The van der Waals surface area contributed by atoms with Gasteiger partial charge in [0.25, 0.3) is 0 Å². The molecule has 0 saturated carbocycles. The molecular weight excluding hydrogens is 1420 g/mol. The van der Waals surface area contributed by atoms with Crippen molar-refractivity contribution in [3.8, 4) is 34.1 Å². The molecule has 4 heterocycles. The van der Waals surface area contributed by atoms with Crippen LogP contribution in [0.1, 0.15) is 0 Å². The molecule has 0 N–H and O–H groups in total. The smallest absolute Gasteiger partial charge is 0.390 e. The zero-order valence-corrected chi connectivity index (χ0v) is 60.4. The SMILES string of the molecule is c1cc(Op2oc3ccc4ccccc4c3c3c(ccc4ccccc43)o2)c(-c2c(Op3oc4ccc5ccccc5c4c4c(ccc5ccccc54)o3)cccc2Op2oc3ccc4ccccc4c3c3c(ccc4ccccc43)o2)c(Op2oc3ccc4ccccc4c3c3c(ccc4ccccc43)o2)c1. The van der Waals surface area contributed by atoms with Gasteiger partial charge in [0.2, 0.25) is 0 Å². The summed E-state index contributed by atoms with van der Waals surface area (Å²) in [7, 11) is -9.70. The molecule has 0 aliphatic carbocycles. The molecule has 514 valence electrons. The third-order valence-electron chi connectivity index (χ3n) is 20.4. The fourth-order valence-corrected chi connectivity index (χ4v) is 19.9. The molecule has 0 aliphatic heterocycles. The normalized spacial score (nSPS) is 11.9. The summed E-state index contributed by atoms with van der Waals surface area (Å²) in [5.74, 6) is 0.952. The average Bonchev–Trinajstić information content (AvgIpc) is 1.44.